The van der Waals surface area contributed by atoms with Crippen molar-refractivity contribution in [3.8, 4) is 5.75 Å². The first kappa shape index (κ1) is 11.0. The van der Waals surface area contributed by atoms with Crippen LogP contribution < -0.4 is 4.74 Å². The molecular formula is C12H12N2O4. The molecule has 3 rings (SSSR count). The van der Waals surface area contributed by atoms with Crippen LogP contribution in [0.5, 0.6) is 5.75 Å². The first-order chi connectivity index (χ1) is 8.61. The number of aryl methyl sites for hydroxylation is 1. The lowest BCUT2D eigenvalue weighted by molar-refractivity contribution is -0.385. The molecule has 0 aliphatic heterocycles. The van der Waals surface area contributed by atoms with E-state index >= 15 is 0 Å². The van der Waals surface area contributed by atoms with E-state index < -0.39 is 4.92 Å². The van der Waals surface area contributed by atoms with Gasteiger partial charge in [0, 0.05) is 17.5 Å². The van der Waals surface area contributed by atoms with E-state index in [2.05, 4.69) is 4.98 Å². The van der Waals surface area contributed by atoms with Crippen LogP contribution in [0.25, 0.3) is 11.1 Å². The van der Waals surface area contributed by atoms with Crippen molar-refractivity contribution in [2.45, 2.75) is 25.7 Å². The fourth-order valence-electron chi connectivity index (χ4n) is 2.10. The van der Waals surface area contributed by atoms with Crippen molar-refractivity contribution in [1.82, 2.24) is 4.98 Å². The molecule has 0 atom stereocenters. The van der Waals surface area contributed by atoms with Crippen molar-refractivity contribution in [1.29, 1.82) is 0 Å². The molecule has 0 bridgehead atoms. The summed E-state index contributed by atoms with van der Waals surface area (Å²) in [6, 6.07) is 1.41. The van der Waals surface area contributed by atoms with Gasteiger partial charge in [0.1, 0.15) is 5.52 Å². The van der Waals surface area contributed by atoms with Crippen LogP contribution in [-0.4, -0.2) is 17.0 Å². The monoisotopic (exact) mass is 248 g/mol. The second kappa shape index (κ2) is 3.69. The number of oxazole rings is 1. The number of ether oxygens (including phenoxy) is 1. The molecular weight excluding hydrogens is 236 g/mol. The standard InChI is InChI=1S/C12H12N2O4/c1-6-10-8(13-12(18-10)7-3-4-7)5-9(14(15)16)11(6)17-2/h5,7H,3-4H2,1-2H3. The van der Waals surface area contributed by atoms with Gasteiger partial charge in [0.15, 0.2) is 11.5 Å². The first-order valence-corrected chi connectivity index (χ1v) is 5.74. The lowest BCUT2D eigenvalue weighted by Crippen LogP contribution is -1.96. The minimum Gasteiger partial charge on any atom is -0.490 e. The van der Waals surface area contributed by atoms with Crippen molar-refractivity contribution in [2.75, 3.05) is 7.11 Å². The van der Waals surface area contributed by atoms with Gasteiger partial charge in [-0.05, 0) is 19.8 Å². The Morgan fingerprint density at radius 2 is 2.28 bits per heavy atom. The van der Waals surface area contributed by atoms with E-state index in [1.54, 1.807) is 6.92 Å². The van der Waals surface area contributed by atoms with Crippen molar-refractivity contribution in [3.63, 3.8) is 0 Å². The SMILES string of the molecule is COc1c([N+](=O)[O-])cc2nc(C3CC3)oc2c1C. The zero-order chi connectivity index (χ0) is 12.9. The Hall–Kier alpha value is -2.11. The number of nitro groups is 1. The number of aromatic nitrogens is 1. The van der Waals surface area contributed by atoms with Gasteiger partial charge in [-0.15, -0.1) is 0 Å². The van der Waals surface area contributed by atoms with Crippen molar-refractivity contribution in [3.05, 3.63) is 27.6 Å². The number of nitro benzene ring substituents is 1. The van der Waals surface area contributed by atoms with Gasteiger partial charge in [-0.2, -0.15) is 0 Å². The first-order valence-electron chi connectivity index (χ1n) is 5.74. The number of hydrogen-bond donors (Lipinski definition) is 0. The smallest absolute Gasteiger partial charge is 0.313 e. The van der Waals surface area contributed by atoms with Gasteiger partial charge in [-0.1, -0.05) is 0 Å². The molecule has 2 aromatic rings. The Kier molecular flexibility index (Phi) is 2.26. The molecule has 1 aliphatic carbocycles. The van der Waals surface area contributed by atoms with Crippen LogP contribution in [0, 0.1) is 17.0 Å². The molecule has 0 radical (unpaired) electrons. The minimum atomic E-state index is -0.462. The summed E-state index contributed by atoms with van der Waals surface area (Å²) in [6.07, 6.45) is 2.15. The van der Waals surface area contributed by atoms with E-state index in [-0.39, 0.29) is 11.4 Å². The Labute approximate surface area is 103 Å². The highest BCUT2D eigenvalue weighted by Crippen LogP contribution is 2.43. The average Bonchev–Trinajstić information content (AvgIpc) is 3.09. The zero-order valence-corrected chi connectivity index (χ0v) is 10.1. The van der Waals surface area contributed by atoms with Gasteiger partial charge in [0.2, 0.25) is 5.75 Å². The topological polar surface area (TPSA) is 78.4 Å². The van der Waals surface area contributed by atoms with Gasteiger partial charge in [-0.25, -0.2) is 4.98 Å². The summed E-state index contributed by atoms with van der Waals surface area (Å²) in [5.41, 5.74) is 1.67. The van der Waals surface area contributed by atoms with Crippen LogP contribution in [0.3, 0.4) is 0 Å². The zero-order valence-electron chi connectivity index (χ0n) is 10.1. The Morgan fingerprint density at radius 1 is 1.56 bits per heavy atom. The second-order valence-corrected chi connectivity index (χ2v) is 4.49. The third-order valence-corrected chi connectivity index (χ3v) is 3.18. The van der Waals surface area contributed by atoms with Crippen LogP contribution in [0.2, 0.25) is 0 Å². The van der Waals surface area contributed by atoms with Crippen LogP contribution in [0.15, 0.2) is 10.5 Å². The Balaban J connectivity index is 2.27. The van der Waals surface area contributed by atoms with E-state index in [1.165, 1.54) is 13.2 Å². The van der Waals surface area contributed by atoms with Crippen molar-refractivity contribution >= 4 is 16.8 Å². The lowest BCUT2D eigenvalue weighted by atomic mass is 10.1. The highest BCUT2D eigenvalue weighted by Gasteiger charge is 2.31. The maximum absolute atomic E-state index is 11.0. The fraction of sp³-hybridized carbons (Fsp3) is 0.417. The molecule has 0 unspecified atom stereocenters. The van der Waals surface area contributed by atoms with Gasteiger partial charge >= 0.3 is 5.69 Å². The Bertz CT molecular complexity index is 643. The van der Waals surface area contributed by atoms with E-state index in [9.17, 15) is 10.1 Å². The summed E-state index contributed by atoms with van der Waals surface area (Å²) < 4.78 is 10.8. The third-order valence-electron chi connectivity index (χ3n) is 3.18. The number of rotatable bonds is 3. The van der Waals surface area contributed by atoms with Gasteiger partial charge < -0.3 is 9.15 Å². The maximum atomic E-state index is 11.0. The van der Waals surface area contributed by atoms with E-state index in [1.807, 2.05) is 0 Å². The number of hydrogen-bond acceptors (Lipinski definition) is 5. The summed E-state index contributed by atoms with van der Waals surface area (Å²) >= 11 is 0. The van der Waals surface area contributed by atoms with Crippen LogP contribution >= 0.6 is 0 Å². The molecule has 94 valence electrons. The summed E-state index contributed by atoms with van der Waals surface area (Å²) in [4.78, 5) is 14.9. The predicted octanol–water partition coefficient (Wildman–Crippen LogP) is 2.93. The average molecular weight is 248 g/mol. The molecule has 6 nitrogen and oxygen atoms in total. The number of fused-ring (bicyclic) bond motifs is 1. The number of methoxy groups -OCH3 is 1. The molecule has 18 heavy (non-hydrogen) atoms. The molecule has 1 fully saturated rings. The molecule has 1 heterocycles. The van der Waals surface area contributed by atoms with Crippen LogP contribution in [0.4, 0.5) is 5.69 Å². The highest BCUT2D eigenvalue weighted by molar-refractivity contribution is 5.83. The van der Waals surface area contributed by atoms with Crippen molar-refractivity contribution < 1.29 is 14.1 Å². The second-order valence-electron chi connectivity index (χ2n) is 4.49. The maximum Gasteiger partial charge on any atom is 0.313 e. The minimum absolute atomic E-state index is 0.0712. The van der Waals surface area contributed by atoms with Gasteiger partial charge in [0.05, 0.1) is 12.0 Å². The molecule has 1 aliphatic rings. The largest absolute Gasteiger partial charge is 0.490 e. The fourth-order valence-corrected chi connectivity index (χ4v) is 2.10. The van der Waals surface area contributed by atoms with Crippen molar-refractivity contribution in [2.24, 2.45) is 0 Å². The van der Waals surface area contributed by atoms with E-state index in [4.69, 9.17) is 9.15 Å². The predicted molar refractivity (Wildman–Crippen MR) is 63.9 cm³/mol. The molecule has 6 heteroatoms. The molecule has 0 spiro atoms. The summed E-state index contributed by atoms with van der Waals surface area (Å²) in [6.45, 7) is 1.75. The highest BCUT2D eigenvalue weighted by atomic mass is 16.6. The molecule has 1 aromatic heterocycles. The molecule has 1 saturated carbocycles. The quantitative estimate of drug-likeness (QED) is 0.616. The van der Waals surface area contributed by atoms with Crippen LogP contribution in [-0.2, 0) is 0 Å². The summed E-state index contributed by atoms with van der Waals surface area (Å²) in [5, 5.41) is 11.0. The van der Waals surface area contributed by atoms with Gasteiger partial charge in [0.25, 0.3) is 0 Å². The molecule has 0 saturated heterocycles. The normalized spacial score (nSPS) is 15.0. The third kappa shape index (κ3) is 1.53. The van der Waals surface area contributed by atoms with Crippen LogP contribution in [0.1, 0.15) is 30.2 Å². The summed E-state index contributed by atoms with van der Waals surface area (Å²) in [5.74, 6) is 1.29. The molecule has 0 amide bonds. The summed E-state index contributed by atoms with van der Waals surface area (Å²) in [7, 11) is 1.42. The van der Waals surface area contributed by atoms with Gasteiger partial charge in [-0.3, -0.25) is 10.1 Å². The molecule has 1 aromatic carbocycles. The number of benzene rings is 1. The lowest BCUT2D eigenvalue weighted by Gasteiger charge is -2.04. The molecule has 0 N–H and O–H groups in total. The van der Waals surface area contributed by atoms with E-state index in [0.717, 1.165) is 12.8 Å². The number of nitrogens with zero attached hydrogens (tertiary/aromatic N) is 2. The van der Waals surface area contributed by atoms with E-state index in [0.29, 0.717) is 28.5 Å². The Morgan fingerprint density at radius 3 is 2.83 bits per heavy atom.